The number of hydrogen-bond donors (Lipinski definition) is 1. The number of amides is 1. The average Bonchev–Trinajstić information content (AvgIpc) is 3.35. The summed E-state index contributed by atoms with van der Waals surface area (Å²) in [5.41, 5.74) is 6.10. The number of pyridine rings is 2. The van der Waals surface area contributed by atoms with Crippen LogP contribution in [-0.4, -0.2) is 51.4 Å². The second kappa shape index (κ2) is 7.12. The number of imidazole rings is 1. The second-order valence-corrected chi connectivity index (χ2v) is 7.90. The van der Waals surface area contributed by atoms with E-state index in [4.69, 9.17) is 4.98 Å². The fourth-order valence-corrected chi connectivity index (χ4v) is 4.44. The molecule has 0 radical (unpaired) electrons. The van der Waals surface area contributed by atoms with Crippen molar-refractivity contribution in [2.24, 2.45) is 0 Å². The Labute approximate surface area is 169 Å². The standard InChI is InChI=1S/C23H25N5O/c1-15-13-21-17(16(2)25-15)14-18(23(29)24-9-12-27-10-5-6-11-27)22-26-19-7-3-4-8-20(19)28(21)22/h3-4,7-8,13-14H,5-6,9-12H2,1-2H3,(H,24,29). The summed E-state index contributed by atoms with van der Waals surface area (Å²) in [6.07, 6.45) is 2.51. The fourth-order valence-electron chi connectivity index (χ4n) is 4.44. The lowest BCUT2D eigenvalue weighted by Crippen LogP contribution is -2.33. The normalized spacial score (nSPS) is 15.0. The third kappa shape index (κ3) is 3.13. The van der Waals surface area contributed by atoms with Crippen LogP contribution in [0.5, 0.6) is 0 Å². The van der Waals surface area contributed by atoms with E-state index in [1.54, 1.807) is 0 Å². The van der Waals surface area contributed by atoms with E-state index in [0.717, 1.165) is 53.0 Å². The summed E-state index contributed by atoms with van der Waals surface area (Å²) >= 11 is 0. The molecule has 1 fully saturated rings. The molecule has 1 aliphatic heterocycles. The molecule has 1 N–H and O–H groups in total. The predicted molar refractivity (Wildman–Crippen MR) is 115 cm³/mol. The van der Waals surface area contributed by atoms with E-state index in [1.165, 1.54) is 12.8 Å². The summed E-state index contributed by atoms with van der Waals surface area (Å²) in [5.74, 6) is -0.0774. The summed E-state index contributed by atoms with van der Waals surface area (Å²) < 4.78 is 2.10. The number of aromatic nitrogens is 3. The number of carbonyl (C=O) groups excluding carboxylic acids is 1. The van der Waals surface area contributed by atoms with Gasteiger partial charge in [0.1, 0.15) is 0 Å². The predicted octanol–water partition coefficient (Wildman–Crippen LogP) is 3.48. The molecule has 6 nitrogen and oxygen atoms in total. The molecule has 0 spiro atoms. The summed E-state index contributed by atoms with van der Waals surface area (Å²) in [6, 6.07) is 12.0. The third-order valence-corrected chi connectivity index (χ3v) is 5.84. The zero-order valence-corrected chi connectivity index (χ0v) is 16.9. The third-order valence-electron chi connectivity index (χ3n) is 5.84. The molecule has 0 aliphatic carbocycles. The van der Waals surface area contributed by atoms with Crippen molar-refractivity contribution in [3.05, 3.63) is 53.3 Å². The molecule has 1 amide bonds. The van der Waals surface area contributed by atoms with Crippen molar-refractivity contribution < 1.29 is 4.79 Å². The maximum absolute atomic E-state index is 13.1. The van der Waals surface area contributed by atoms with Crippen molar-refractivity contribution in [2.45, 2.75) is 26.7 Å². The Morgan fingerprint density at radius 1 is 1.07 bits per heavy atom. The Kier molecular flexibility index (Phi) is 4.43. The number of carbonyl (C=O) groups is 1. The lowest BCUT2D eigenvalue weighted by Gasteiger charge is -2.15. The number of nitrogens with one attached hydrogen (secondary N) is 1. The Morgan fingerprint density at radius 2 is 1.86 bits per heavy atom. The van der Waals surface area contributed by atoms with E-state index in [1.807, 2.05) is 38.1 Å². The number of rotatable bonds is 4. The van der Waals surface area contributed by atoms with Crippen molar-refractivity contribution in [1.29, 1.82) is 0 Å². The van der Waals surface area contributed by atoms with Crippen LogP contribution >= 0.6 is 0 Å². The van der Waals surface area contributed by atoms with E-state index >= 15 is 0 Å². The van der Waals surface area contributed by atoms with Gasteiger partial charge in [-0.05, 0) is 64.0 Å². The minimum absolute atomic E-state index is 0.0774. The average molecular weight is 387 g/mol. The molecule has 5 rings (SSSR count). The molecular weight excluding hydrogens is 362 g/mol. The van der Waals surface area contributed by atoms with Crippen LogP contribution in [0.15, 0.2) is 36.4 Å². The molecule has 1 saturated heterocycles. The molecule has 0 bridgehead atoms. The van der Waals surface area contributed by atoms with Crippen LogP contribution in [0, 0.1) is 13.8 Å². The van der Waals surface area contributed by atoms with Gasteiger partial charge in [0.2, 0.25) is 0 Å². The summed E-state index contributed by atoms with van der Waals surface area (Å²) in [4.78, 5) is 24.9. The zero-order chi connectivity index (χ0) is 20.0. The highest BCUT2D eigenvalue weighted by Gasteiger charge is 2.19. The van der Waals surface area contributed by atoms with Crippen molar-refractivity contribution in [3.8, 4) is 0 Å². The molecule has 148 valence electrons. The van der Waals surface area contributed by atoms with Gasteiger partial charge in [-0.3, -0.25) is 14.2 Å². The molecule has 0 atom stereocenters. The molecule has 1 aliphatic rings. The highest BCUT2D eigenvalue weighted by molar-refractivity contribution is 6.06. The second-order valence-electron chi connectivity index (χ2n) is 7.90. The number of benzene rings is 1. The van der Waals surface area contributed by atoms with Gasteiger partial charge in [0.05, 0.1) is 22.1 Å². The number of fused-ring (bicyclic) bond motifs is 5. The molecule has 0 saturated carbocycles. The maximum Gasteiger partial charge on any atom is 0.255 e. The highest BCUT2D eigenvalue weighted by atomic mass is 16.1. The first-order chi connectivity index (χ1) is 14.1. The topological polar surface area (TPSA) is 62.5 Å². The first kappa shape index (κ1) is 18.1. The summed E-state index contributed by atoms with van der Waals surface area (Å²) in [5, 5.41) is 4.09. The van der Waals surface area contributed by atoms with Crippen LogP contribution in [0.1, 0.15) is 34.6 Å². The molecule has 4 aromatic rings. The smallest absolute Gasteiger partial charge is 0.255 e. The van der Waals surface area contributed by atoms with Crippen molar-refractivity contribution >= 4 is 33.5 Å². The number of likely N-dealkylation sites (tertiary alicyclic amines) is 1. The van der Waals surface area contributed by atoms with Crippen LogP contribution in [0.4, 0.5) is 0 Å². The van der Waals surface area contributed by atoms with Crippen LogP contribution in [0.25, 0.3) is 27.6 Å². The number of aryl methyl sites for hydroxylation is 2. The molecule has 1 aromatic carbocycles. The van der Waals surface area contributed by atoms with Gasteiger partial charge in [-0.15, -0.1) is 0 Å². The SMILES string of the molecule is Cc1cc2c(cc(C(=O)NCCN3CCCC3)c3nc4ccccc4n32)c(C)n1. The van der Waals surface area contributed by atoms with Crippen molar-refractivity contribution in [3.63, 3.8) is 0 Å². The Bertz CT molecular complexity index is 1240. The molecule has 3 aromatic heterocycles. The van der Waals surface area contributed by atoms with Gasteiger partial charge in [-0.1, -0.05) is 12.1 Å². The Balaban J connectivity index is 1.62. The van der Waals surface area contributed by atoms with E-state index < -0.39 is 0 Å². The number of para-hydroxylation sites is 2. The summed E-state index contributed by atoms with van der Waals surface area (Å²) in [7, 11) is 0. The molecule has 4 heterocycles. The fraction of sp³-hybridized carbons (Fsp3) is 0.348. The number of nitrogens with zero attached hydrogens (tertiary/aromatic N) is 4. The monoisotopic (exact) mass is 387 g/mol. The largest absolute Gasteiger partial charge is 0.351 e. The molecule has 29 heavy (non-hydrogen) atoms. The van der Waals surface area contributed by atoms with Crippen LogP contribution in [0.2, 0.25) is 0 Å². The van der Waals surface area contributed by atoms with Crippen LogP contribution < -0.4 is 5.32 Å². The number of hydrogen-bond acceptors (Lipinski definition) is 4. The first-order valence-electron chi connectivity index (χ1n) is 10.3. The molecule has 0 unspecified atom stereocenters. The van der Waals surface area contributed by atoms with E-state index in [-0.39, 0.29) is 5.91 Å². The minimum atomic E-state index is -0.0774. The molecular formula is C23H25N5O. The van der Waals surface area contributed by atoms with Gasteiger partial charge in [-0.25, -0.2) is 4.98 Å². The van der Waals surface area contributed by atoms with E-state index in [0.29, 0.717) is 17.8 Å². The highest BCUT2D eigenvalue weighted by Crippen LogP contribution is 2.28. The quantitative estimate of drug-likeness (QED) is 0.582. The van der Waals surface area contributed by atoms with Gasteiger partial charge in [0, 0.05) is 29.9 Å². The van der Waals surface area contributed by atoms with Crippen LogP contribution in [-0.2, 0) is 0 Å². The lowest BCUT2D eigenvalue weighted by molar-refractivity contribution is 0.0951. The van der Waals surface area contributed by atoms with Gasteiger partial charge in [0.15, 0.2) is 5.65 Å². The Hall–Kier alpha value is -2.99. The first-order valence-corrected chi connectivity index (χ1v) is 10.3. The zero-order valence-electron chi connectivity index (χ0n) is 16.9. The summed E-state index contributed by atoms with van der Waals surface area (Å²) in [6.45, 7) is 7.80. The van der Waals surface area contributed by atoms with E-state index in [9.17, 15) is 4.79 Å². The van der Waals surface area contributed by atoms with E-state index in [2.05, 4.69) is 31.7 Å². The van der Waals surface area contributed by atoms with Crippen LogP contribution in [0.3, 0.4) is 0 Å². The minimum Gasteiger partial charge on any atom is -0.351 e. The van der Waals surface area contributed by atoms with Crippen molar-refractivity contribution in [2.75, 3.05) is 26.2 Å². The van der Waals surface area contributed by atoms with Gasteiger partial charge >= 0.3 is 0 Å². The van der Waals surface area contributed by atoms with Gasteiger partial charge in [0.25, 0.3) is 5.91 Å². The van der Waals surface area contributed by atoms with Crippen molar-refractivity contribution in [1.82, 2.24) is 24.6 Å². The van der Waals surface area contributed by atoms with Gasteiger partial charge < -0.3 is 10.2 Å². The lowest BCUT2D eigenvalue weighted by atomic mass is 10.1. The molecule has 6 heteroatoms. The van der Waals surface area contributed by atoms with Gasteiger partial charge in [-0.2, -0.15) is 0 Å². The maximum atomic E-state index is 13.1. The Morgan fingerprint density at radius 3 is 2.69 bits per heavy atom.